The van der Waals surface area contributed by atoms with Gasteiger partial charge in [-0.15, -0.1) is 5.10 Å². The van der Waals surface area contributed by atoms with Crippen LogP contribution in [0.5, 0.6) is 5.75 Å². The highest BCUT2D eigenvalue weighted by Gasteiger charge is 2.00. The number of pyridine rings is 1. The van der Waals surface area contributed by atoms with Crippen LogP contribution in [-0.2, 0) is 0 Å². The van der Waals surface area contributed by atoms with Gasteiger partial charge < -0.3 is 4.74 Å². The van der Waals surface area contributed by atoms with Crippen LogP contribution in [-0.4, -0.2) is 16.2 Å². The summed E-state index contributed by atoms with van der Waals surface area (Å²) in [6.45, 7) is 2.49. The zero-order valence-corrected chi connectivity index (χ0v) is 7.20. The van der Waals surface area contributed by atoms with Crippen LogP contribution in [0.1, 0.15) is 6.92 Å². The summed E-state index contributed by atoms with van der Waals surface area (Å²) in [5.41, 5.74) is 0.723. The second-order valence-corrected chi connectivity index (χ2v) is 2.63. The summed E-state index contributed by atoms with van der Waals surface area (Å²) in [6, 6.07) is 4.93. The molecule has 0 amide bonds. The van der Waals surface area contributed by atoms with Crippen molar-refractivity contribution in [3.63, 3.8) is 0 Å². The first-order valence-electron chi connectivity index (χ1n) is 4.07. The molecule has 0 atom stereocenters. The van der Waals surface area contributed by atoms with Gasteiger partial charge in [0.15, 0.2) is 0 Å². The summed E-state index contributed by atoms with van der Waals surface area (Å²) in [4.78, 5) is 0. The summed E-state index contributed by atoms with van der Waals surface area (Å²) in [6.07, 6.45) is 1.65. The molecule has 0 N–H and O–H groups in total. The van der Waals surface area contributed by atoms with Gasteiger partial charge in [0.1, 0.15) is 5.75 Å². The molecule has 13 heavy (non-hydrogen) atoms. The lowest BCUT2D eigenvalue weighted by Crippen LogP contribution is -1.94. The average molecular weight is 180 g/mol. The Labute approximate surface area is 74.7 Å². The molecule has 0 aromatic carbocycles. The molecule has 0 radical (unpaired) electrons. The summed E-state index contributed by atoms with van der Waals surface area (Å²) in [5, 5.41) is 3.63. The number of nitrogens with zero attached hydrogens (tertiary/aromatic N) is 2. The molecule has 2 aromatic heterocycles. The fourth-order valence-electron chi connectivity index (χ4n) is 1.19. The van der Waals surface area contributed by atoms with E-state index in [0.717, 1.165) is 5.52 Å². The van der Waals surface area contributed by atoms with E-state index in [0.29, 0.717) is 12.4 Å². The molecule has 3 nitrogen and oxygen atoms in total. The van der Waals surface area contributed by atoms with E-state index in [-0.39, 0.29) is 0 Å². The van der Waals surface area contributed by atoms with Crippen LogP contribution >= 0.6 is 0 Å². The SMILES string of the molecule is CCOc1ccc2cc(F)nn2c1. The van der Waals surface area contributed by atoms with Crippen molar-refractivity contribution in [2.24, 2.45) is 0 Å². The van der Waals surface area contributed by atoms with Crippen LogP contribution in [0.2, 0.25) is 0 Å². The predicted molar refractivity (Wildman–Crippen MR) is 46.3 cm³/mol. The number of rotatable bonds is 2. The zero-order chi connectivity index (χ0) is 9.26. The standard InChI is InChI=1S/C9H9FN2O/c1-2-13-8-4-3-7-5-9(10)11-12(7)6-8/h3-6H,2H2,1H3. The lowest BCUT2D eigenvalue weighted by Gasteiger charge is -2.01. The van der Waals surface area contributed by atoms with Gasteiger partial charge in [0.05, 0.1) is 18.3 Å². The van der Waals surface area contributed by atoms with Crippen molar-refractivity contribution >= 4 is 5.52 Å². The molecule has 68 valence electrons. The monoisotopic (exact) mass is 180 g/mol. The Balaban J connectivity index is 2.48. The molecule has 2 aromatic rings. The van der Waals surface area contributed by atoms with Crippen LogP contribution in [0.25, 0.3) is 5.52 Å². The first-order valence-corrected chi connectivity index (χ1v) is 4.07. The maximum atomic E-state index is 12.7. The average Bonchev–Trinajstić information content (AvgIpc) is 2.44. The second kappa shape index (κ2) is 3.05. The highest BCUT2D eigenvalue weighted by Crippen LogP contribution is 2.13. The molecule has 0 aliphatic carbocycles. The Morgan fingerprint density at radius 3 is 3.15 bits per heavy atom. The fourth-order valence-corrected chi connectivity index (χ4v) is 1.19. The molecule has 0 aliphatic heterocycles. The van der Waals surface area contributed by atoms with Crippen molar-refractivity contribution in [2.75, 3.05) is 6.61 Å². The van der Waals surface area contributed by atoms with Crippen LogP contribution < -0.4 is 4.74 Å². The minimum atomic E-state index is -0.478. The predicted octanol–water partition coefficient (Wildman–Crippen LogP) is 1.87. The molecule has 4 heteroatoms. The normalized spacial score (nSPS) is 10.6. The van der Waals surface area contributed by atoms with Crippen LogP contribution in [0.3, 0.4) is 0 Å². The van der Waals surface area contributed by atoms with E-state index >= 15 is 0 Å². The zero-order valence-electron chi connectivity index (χ0n) is 7.20. The van der Waals surface area contributed by atoms with Gasteiger partial charge in [0.25, 0.3) is 0 Å². The largest absolute Gasteiger partial charge is 0.492 e. The number of aromatic nitrogens is 2. The minimum Gasteiger partial charge on any atom is -0.492 e. The highest BCUT2D eigenvalue weighted by atomic mass is 19.1. The molecule has 0 unspecified atom stereocenters. The van der Waals surface area contributed by atoms with Crippen molar-refractivity contribution in [3.8, 4) is 5.75 Å². The third-order valence-corrected chi connectivity index (χ3v) is 1.71. The highest BCUT2D eigenvalue weighted by molar-refractivity contribution is 5.47. The molecular weight excluding hydrogens is 171 g/mol. The smallest absolute Gasteiger partial charge is 0.233 e. The van der Waals surface area contributed by atoms with Crippen LogP contribution in [0, 0.1) is 5.95 Å². The van der Waals surface area contributed by atoms with Gasteiger partial charge in [-0.3, -0.25) is 0 Å². The topological polar surface area (TPSA) is 26.5 Å². The van der Waals surface area contributed by atoms with Gasteiger partial charge in [-0.1, -0.05) is 0 Å². The van der Waals surface area contributed by atoms with E-state index < -0.39 is 5.95 Å². The van der Waals surface area contributed by atoms with E-state index in [4.69, 9.17) is 4.74 Å². The Bertz CT molecular complexity index is 424. The summed E-state index contributed by atoms with van der Waals surface area (Å²) >= 11 is 0. The molecule has 0 fully saturated rings. The minimum absolute atomic E-state index is 0.478. The quantitative estimate of drug-likeness (QED) is 0.705. The Hall–Kier alpha value is -1.58. The first-order chi connectivity index (χ1) is 6.29. The molecule has 0 spiro atoms. The van der Waals surface area contributed by atoms with E-state index in [2.05, 4.69) is 5.10 Å². The number of fused-ring (bicyclic) bond motifs is 1. The Morgan fingerprint density at radius 2 is 2.38 bits per heavy atom. The van der Waals surface area contributed by atoms with Gasteiger partial charge in [-0.25, -0.2) is 4.52 Å². The molecule has 0 saturated carbocycles. The van der Waals surface area contributed by atoms with Crippen molar-refractivity contribution < 1.29 is 9.13 Å². The van der Waals surface area contributed by atoms with Gasteiger partial charge in [-0.2, -0.15) is 4.39 Å². The summed E-state index contributed by atoms with van der Waals surface area (Å²) in [5.74, 6) is 0.215. The lowest BCUT2D eigenvalue weighted by atomic mass is 10.4. The third-order valence-electron chi connectivity index (χ3n) is 1.71. The van der Waals surface area contributed by atoms with Gasteiger partial charge >= 0.3 is 0 Å². The van der Waals surface area contributed by atoms with E-state index in [9.17, 15) is 4.39 Å². The van der Waals surface area contributed by atoms with Gasteiger partial charge in [0, 0.05) is 6.07 Å². The summed E-state index contributed by atoms with van der Waals surface area (Å²) in [7, 11) is 0. The third kappa shape index (κ3) is 1.47. The first kappa shape index (κ1) is 8.04. The lowest BCUT2D eigenvalue weighted by molar-refractivity contribution is 0.338. The molecular formula is C9H9FN2O. The van der Waals surface area contributed by atoms with Crippen molar-refractivity contribution in [2.45, 2.75) is 6.92 Å². The number of halogens is 1. The van der Waals surface area contributed by atoms with Crippen LogP contribution in [0.4, 0.5) is 4.39 Å². The second-order valence-electron chi connectivity index (χ2n) is 2.63. The summed E-state index contributed by atoms with van der Waals surface area (Å²) < 4.78 is 19.4. The van der Waals surface area contributed by atoms with E-state index in [1.54, 1.807) is 18.3 Å². The Morgan fingerprint density at radius 1 is 1.54 bits per heavy atom. The van der Waals surface area contributed by atoms with Crippen molar-refractivity contribution in [3.05, 3.63) is 30.3 Å². The van der Waals surface area contributed by atoms with Crippen molar-refractivity contribution in [1.29, 1.82) is 0 Å². The van der Waals surface area contributed by atoms with Crippen LogP contribution in [0.15, 0.2) is 24.4 Å². The molecule has 0 bridgehead atoms. The molecule has 2 heterocycles. The molecule has 2 rings (SSSR count). The van der Waals surface area contributed by atoms with Crippen molar-refractivity contribution in [1.82, 2.24) is 9.61 Å². The van der Waals surface area contributed by atoms with Gasteiger partial charge in [-0.05, 0) is 19.1 Å². The fraction of sp³-hybridized carbons (Fsp3) is 0.222. The van der Waals surface area contributed by atoms with E-state index in [1.165, 1.54) is 10.6 Å². The maximum Gasteiger partial charge on any atom is 0.233 e. The maximum absolute atomic E-state index is 12.7. The number of ether oxygens (including phenoxy) is 1. The number of hydrogen-bond acceptors (Lipinski definition) is 2. The molecule has 0 aliphatic rings. The van der Waals surface area contributed by atoms with E-state index in [1.807, 2.05) is 6.92 Å². The number of hydrogen-bond donors (Lipinski definition) is 0. The molecule has 0 saturated heterocycles. The van der Waals surface area contributed by atoms with Gasteiger partial charge in [0.2, 0.25) is 5.95 Å². The Kier molecular flexibility index (Phi) is 1.88.